The maximum absolute atomic E-state index is 11.1. The normalized spacial score (nSPS) is 10.4. The molecule has 0 aliphatic carbocycles. The van der Waals surface area contributed by atoms with Crippen molar-refractivity contribution in [3.05, 3.63) is 30.1 Å². The molecule has 0 aliphatic rings. The van der Waals surface area contributed by atoms with Crippen molar-refractivity contribution in [2.75, 3.05) is 7.11 Å². The molecule has 2 aromatic rings. The second kappa shape index (κ2) is 3.02. The van der Waals surface area contributed by atoms with E-state index in [1.54, 1.807) is 18.3 Å². The fraction of sp³-hybridized carbons (Fsp3) is 0.111. The molecule has 0 aliphatic heterocycles. The van der Waals surface area contributed by atoms with Crippen molar-refractivity contribution >= 4 is 16.9 Å². The van der Waals surface area contributed by atoms with E-state index in [1.807, 2.05) is 0 Å². The van der Waals surface area contributed by atoms with Gasteiger partial charge in [-0.05, 0) is 12.1 Å². The van der Waals surface area contributed by atoms with Crippen LogP contribution in [0.5, 0.6) is 0 Å². The fourth-order valence-corrected chi connectivity index (χ4v) is 1.36. The molecule has 0 radical (unpaired) electrons. The number of hydrogen-bond acceptors (Lipinski definition) is 3. The molecule has 2 aromatic heterocycles. The van der Waals surface area contributed by atoms with Gasteiger partial charge in [0.2, 0.25) is 0 Å². The molecule has 2 heterocycles. The van der Waals surface area contributed by atoms with Gasteiger partial charge in [-0.2, -0.15) is 4.73 Å². The molecule has 5 nitrogen and oxygen atoms in total. The summed E-state index contributed by atoms with van der Waals surface area (Å²) in [7, 11) is 1.51. The molecular formula is C9H9N3O2. The maximum Gasteiger partial charge on any atom is 0.252 e. The largest absolute Gasteiger partial charge is 0.417 e. The quantitative estimate of drug-likeness (QED) is 0.736. The Kier molecular flexibility index (Phi) is 1.85. The third-order valence-electron chi connectivity index (χ3n) is 1.99. The number of fused-ring (bicyclic) bond motifs is 1. The summed E-state index contributed by atoms with van der Waals surface area (Å²) in [6.45, 7) is 0. The first kappa shape index (κ1) is 8.55. The maximum atomic E-state index is 11.1. The SMILES string of the molecule is COn1cc(C(N)=O)c2ncccc21. The summed E-state index contributed by atoms with van der Waals surface area (Å²) in [5.41, 5.74) is 6.85. The van der Waals surface area contributed by atoms with Crippen LogP contribution < -0.4 is 10.6 Å². The highest BCUT2D eigenvalue weighted by atomic mass is 16.6. The van der Waals surface area contributed by atoms with Crippen molar-refractivity contribution in [2.45, 2.75) is 0 Å². The predicted molar refractivity (Wildman–Crippen MR) is 50.8 cm³/mol. The van der Waals surface area contributed by atoms with E-state index < -0.39 is 5.91 Å². The van der Waals surface area contributed by atoms with Gasteiger partial charge in [0, 0.05) is 6.20 Å². The van der Waals surface area contributed by atoms with Crippen LogP contribution in [0, 0.1) is 0 Å². The van der Waals surface area contributed by atoms with Gasteiger partial charge in [0.1, 0.15) is 18.1 Å². The van der Waals surface area contributed by atoms with E-state index in [2.05, 4.69) is 4.98 Å². The van der Waals surface area contributed by atoms with Gasteiger partial charge in [0.25, 0.3) is 5.91 Å². The van der Waals surface area contributed by atoms with Gasteiger partial charge in [-0.15, -0.1) is 0 Å². The summed E-state index contributed by atoms with van der Waals surface area (Å²) in [4.78, 5) is 20.2. The monoisotopic (exact) mass is 191 g/mol. The first-order valence-corrected chi connectivity index (χ1v) is 4.04. The average Bonchev–Trinajstić information content (AvgIpc) is 2.56. The van der Waals surface area contributed by atoms with Gasteiger partial charge in [0.15, 0.2) is 0 Å². The zero-order valence-corrected chi connectivity index (χ0v) is 7.60. The Labute approximate surface area is 80.1 Å². The number of amides is 1. The van der Waals surface area contributed by atoms with Crippen LogP contribution in [0.3, 0.4) is 0 Å². The molecule has 0 unspecified atom stereocenters. The Hall–Kier alpha value is -2.04. The van der Waals surface area contributed by atoms with Crippen molar-refractivity contribution in [3.8, 4) is 0 Å². The van der Waals surface area contributed by atoms with Crippen molar-refractivity contribution < 1.29 is 9.63 Å². The lowest BCUT2D eigenvalue weighted by Crippen LogP contribution is -2.11. The molecule has 0 bridgehead atoms. The van der Waals surface area contributed by atoms with Gasteiger partial charge in [-0.25, -0.2) is 0 Å². The van der Waals surface area contributed by atoms with Crippen molar-refractivity contribution in [1.29, 1.82) is 0 Å². The Morgan fingerprint density at radius 2 is 2.43 bits per heavy atom. The zero-order valence-electron chi connectivity index (χ0n) is 7.60. The molecular weight excluding hydrogens is 182 g/mol. The Morgan fingerprint density at radius 3 is 3.07 bits per heavy atom. The minimum Gasteiger partial charge on any atom is -0.417 e. The summed E-state index contributed by atoms with van der Waals surface area (Å²) < 4.78 is 1.46. The van der Waals surface area contributed by atoms with Gasteiger partial charge < -0.3 is 10.6 Å². The molecule has 0 aromatic carbocycles. The summed E-state index contributed by atoms with van der Waals surface area (Å²) in [5.74, 6) is -0.510. The summed E-state index contributed by atoms with van der Waals surface area (Å²) >= 11 is 0. The number of primary amides is 1. The van der Waals surface area contributed by atoms with Crippen molar-refractivity contribution in [3.63, 3.8) is 0 Å². The van der Waals surface area contributed by atoms with Crippen LogP contribution in [-0.4, -0.2) is 22.7 Å². The number of aromatic nitrogens is 2. The lowest BCUT2D eigenvalue weighted by molar-refractivity contribution is 0.0999. The Bertz CT molecular complexity index is 490. The second-order valence-corrected chi connectivity index (χ2v) is 2.79. The number of nitrogens with two attached hydrogens (primary N) is 1. The summed E-state index contributed by atoms with van der Waals surface area (Å²) in [6.07, 6.45) is 3.13. The molecule has 0 saturated heterocycles. The molecule has 0 saturated carbocycles. The Balaban J connectivity index is 2.80. The second-order valence-electron chi connectivity index (χ2n) is 2.79. The smallest absolute Gasteiger partial charge is 0.252 e. The Morgan fingerprint density at radius 1 is 1.64 bits per heavy atom. The lowest BCUT2D eigenvalue weighted by Gasteiger charge is -1.99. The van der Waals surface area contributed by atoms with Crippen molar-refractivity contribution in [1.82, 2.24) is 9.71 Å². The van der Waals surface area contributed by atoms with Crippen molar-refractivity contribution in [2.24, 2.45) is 5.73 Å². The first-order chi connectivity index (χ1) is 6.74. The number of pyridine rings is 1. The van der Waals surface area contributed by atoms with E-state index in [4.69, 9.17) is 10.6 Å². The van der Waals surface area contributed by atoms with Gasteiger partial charge in [-0.3, -0.25) is 9.78 Å². The average molecular weight is 191 g/mol. The van der Waals surface area contributed by atoms with Crippen LogP contribution in [0.15, 0.2) is 24.5 Å². The van der Waals surface area contributed by atoms with Crippen LogP contribution in [-0.2, 0) is 0 Å². The number of carbonyl (C=O) groups is 1. The lowest BCUT2D eigenvalue weighted by atomic mass is 10.2. The molecule has 72 valence electrons. The van der Waals surface area contributed by atoms with E-state index in [9.17, 15) is 4.79 Å². The highest BCUT2D eigenvalue weighted by Gasteiger charge is 2.13. The standard InChI is InChI=1S/C9H9N3O2/c1-14-12-5-6(9(10)13)8-7(12)3-2-4-11-8/h2-5H,1H3,(H2,10,13). The minimum absolute atomic E-state index is 0.363. The highest BCUT2D eigenvalue weighted by Crippen LogP contribution is 2.16. The molecule has 0 fully saturated rings. The fourth-order valence-electron chi connectivity index (χ4n) is 1.36. The predicted octanol–water partition coefficient (Wildman–Crippen LogP) is 0.194. The van der Waals surface area contributed by atoms with Crippen LogP contribution in [0.25, 0.3) is 11.0 Å². The number of rotatable bonds is 2. The molecule has 5 heteroatoms. The van der Waals surface area contributed by atoms with E-state index in [0.29, 0.717) is 11.1 Å². The number of hydrogen-bond donors (Lipinski definition) is 1. The topological polar surface area (TPSA) is 70.1 Å². The third-order valence-corrected chi connectivity index (χ3v) is 1.99. The third kappa shape index (κ3) is 1.10. The molecule has 14 heavy (non-hydrogen) atoms. The highest BCUT2D eigenvalue weighted by molar-refractivity contribution is 6.04. The summed E-state index contributed by atoms with van der Waals surface area (Å²) in [5, 5.41) is 0. The zero-order chi connectivity index (χ0) is 10.1. The van der Waals surface area contributed by atoms with E-state index in [0.717, 1.165) is 5.52 Å². The van der Waals surface area contributed by atoms with Crippen LogP contribution in [0.4, 0.5) is 0 Å². The molecule has 0 spiro atoms. The first-order valence-electron chi connectivity index (χ1n) is 4.04. The van der Waals surface area contributed by atoms with E-state index in [-0.39, 0.29) is 0 Å². The van der Waals surface area contributed by atoms with Crippen LogP contribution in [0.2, 0.25) is 0 Å². The molecule has 0 atom stereocenters. The molecule has 1 amide bonds. The van der Waals surface area contributed by atoms with Gasteiger partial charge in [0.05, 0.1) is 11.8 Å². The van der Waals surface area contributed by atoms with E-state index >= 15 is 0 Å². The summed E-state index contributed by atoms with van der Waals surface area (Å²) in [6, 6.07) is 3.57. The van der Waals surface area contributed by atoms with Crippen LogP contribution in [0.1, 0.15) is 10.4 Å². The molecule has 2 rings (SSSR count). The molecule has 2 N–H and O–H groups in total. The van der Waals surface area contributed by atoms with Gasteiger partial charge in [-0.1, -0.05) is 0 Å². The number of nitrogens with zero attached hydrogens (tertiary/aromatic N) is 2. The van der Waals surface area contributed by atoms with Gasteiger partial charge >= 0.3 is 0 Å². The minimum atomic E-state index is -0.510. The van der Waals surface area contributed by atoms with Crippen LogP contribution >= 0.6 is 0 Å². The van der Waals surface area contributed by atoms with E-state index in [1.165, 1.54) is 18.0 Å². The number of carbonyl (C=O) groups excluding carboxylic acids is 1.